The van der Waals surface area contributed by atoms with Gasteiger partial charge in [-0.1, -0.05) is 13.8 Å². The van der Waals surface area contributed by atoms with E-state index < -0.39 is 5.97 Å². The Balaban J connectivity index is 1.66. The van der Waals surface area contributed by atoms with E-state index in [4.69, 9.17) is 4.74 Å². The lowest BCUT2D eigenvalue weighted by atomic mass is 9.93. The molecule has 9 nitrogen and oxygen atoms in total. The Labute approximate surface area is 179 Å². The molecule has 3 N–H and O–H groups in total. The predicted octanol–water partition coefficient (Wildman–Crippen LogP) is 3.86. The molecule has 1 unspecified atom stereocenters. The SMILES string of the molecule is CCOC(=O)c1cc2n(n1)C(CC(C)C)C(C(=O)Nc1ccc3[nH]ncc3c1)=C(C)N2. The second-order valence-electron chi connectivity index (χ2n) is 8.02. The molecule has 0 radical (unpaired) electrons. The zero-order chi connectivity index (χ0) is 22.1. The van der Waals surface area contributed by atoms with Crippen molar-refractivity contribution in [1.82, 2.24) is 20.0 Å². The Morgan fingerprint density at radius 2 is 2.10 bits per heavy atom. The van der Waals surface area contributed by atoms with Gasteiger partial charge in [-0.15, -0.1) is 0 Å². The van der Waals surface area contributed by atoms with E-state index in [0.29, 0.717) is 29.4 Å². The lowest BCUT2D eigenvalue weighted by Gasteiger charge is -2.30. The molecule has 9 heteroatoms. The first-order valence-electron chi connectivity index (χ1n) is 10.4. The van der Waals surface area contributed by atoms with Crippen molar-refractivity contribution < 1.29 is 14.3 Å². The number of aromatic amines is 1. The highest BCUT2D eigenvalue weighted by atomic mass is 16.5. The number of anilines is 2. The maximum absolute atomic E-state index is 13.3. The first kappa shape index (κ1) is 20.6. The predicted molar refractivity (Wildman–Crippen MR) is 118 cm³/mol. The molecule has 1 atom stereocenters. The van der Waals surface area contributed by atoms with Crippen molar-refractivity contribution in [2.45, 2.75) is 40.2 Å². The number of nitrogens with one attached hydrogen (secondary N) is 3. The maximum atomic E-state index is 13.3. The summed E-state index contributed by atoms with van der Waals surface area (Å²) in [6.07, 6.45) is 2.41. The van der Waals surface area contributed by atoms with E-state index in [1.165, 1.54) is 0 Å². The molecule has 1 aromatic carbocycles. The molecule has 3 aromatic rings. The minimum absolute atomic E-state index is 0.211. The molecule has 4 rings (SSSR count). The van der Waals surface area contributed by atoms with E-state index in [1.807, 2.05) is 25.1 Å². The minimum atomic E-state index is -0.480. The summed E-state index contributed by atoms with van der Waals surface area (Å²) in [4.78, 5) is 25.5. The number of carbonyl (C=O) groups is 2. The van der Waals surface area contributed by atoms with Crippen LogP contribution in [0.1, 0.15) is 50.6 Å². The van der Waals surface area contributed by atoms with E-state index in [-0.39, 0.29) is 24.2 Å². The van der Waals surface area contributed by atoms with Gasteiger partial charge >= 0.3 is 5.97 Å². The number of carbonyl (C=O) groups excluding carboxylic acids is 2. The third-order valence-electron chi connectivity index (χ3n) is 5.21. The zero-order valence-corrected chi connectivity index (χ0v) is 18.0. The normalized spacial score (nSPS) is 15.7. The molecule has 2 aromatic heterocycles. The van der Waals surface area contributed by atoms with Crippen LogP contribution >= 0.6 is 0 Å². The van der Waals surface area contributed by atoms with Crippen LogP contribution in [0.5, 0.6) is 0 Å². The Bertz CT molecular complexity index is 1170. The molecule has 3 heterocycles. The van der Waals surface area contributed by atoms with E-state index in [9.17, 15) is 9.59 Å². The van der Waals surface area contributed by atoms with Gasteiger partial charge in [-0.25, -0.2) is 9.48 Å². The molecule has 0 saturated heterocycles. The standard InChI is InChI=1S/C22H26N6O3/c1-5-31-22(30)17-10-19-24-13(4)20(18(8-12(2)3)28(19)27-17)21(29)25-15-6-7-16-14(9-15)11-23-26-16/h6-7,9-12,18,24H,5,8H2,1-4H3,(H,23,26)(H,25,29). The molecule has 0 spiro atoms. The largest absolute Gasteiger partial charge is 0.461 e. The fourth-order valence-corrected chi connectivity index (χ4v) is 3.87. The molecule has 0 bridgehead atoms. The Morgan fingerprint density at radius 3 is 2.84 bits per heavy atom. The van der Waals surface area contributed by atoms with Crippen LogP contribution in [-0.2, 0) is 9.53 Å². The first-order chi connectivity index (χ1) is 14.9. The highest BCUT2D eigenvalue weighted by molar-refractivity contribution is 6.06. The van der Waals surface area contributed by atoms with E-state index in [2.05, 4.69) is 39.8 Å². The number of rotatable bonds is 6. The van der Waals surface area contributed by atoms with Crippen LogP contribution in [0.25, 0.3) is 10.9 Å². The summed E-state index contributed by atoms with van der Waals surface area (Å²) in [5, 5.41) is 18.5. The van der Waals surface area contributed by atoms with Crippen molar-refractivity contribution >= 4 is 34.3 Å². The van der Waals surface area contributed by atoms with Gasteiger partial charge in [0.1, 0.15) is 5.82 Å². The van der Waals surface area contributed by atoms with Crippen LogP contribution in [-0.4, -0.2) is 38.5 Å². The summed E-state index contributed by atoms with van der Waals surface area (Å²) in [7, 11) is 0. The maximum Gasteiger partial charge on any atom is 0.358 e. The van der Waals surface area contributed by atoms with Gasteiger partial charge in [0.2, 0.25) is 0 Å². The number of hydrogen-bond donors (Lipinski definition) is 3. The van der Waals surface area contributed by atoms with Crippen LogP contribution < -0.4 is 10.6 Å². The van der Waals surface area contributed by atoms with Crippen molar-refractivity contribution in [3.8, 4) is 0 Å². The summed E-state index contributed by atoms with van der Waals surface area (Å²) < 4.78 is 6.80. The highest BCUT2D eigenvalue weighted by Crippen LogP contribution is 2.36. The summed E-state index contributed by atoms with van der Waals surface area (Å²) in [6.45, 7) is 8.07. The molecule has 0 fully saturated rings. The average molecular weight is 422 g/mol. The third-order valence-corrected chi connectivity index (χ3v) is 5.21. The minimum Gasteiger partial charge on any atom is -0.461 e. The number of ether oxygens (including phenoxy) is 1. The number of aromatic nitrogens is 4. The molecular weight excluding hydrogens is 396 g/mol. The van der Waals surface area contributed by atoms with Crippen LogP contribution in [0.4, 0.5) is 11.5 Å². The number of allylic oxidation sites excluding steroid dienone is 1. The second kappa shape index (κ2) is 8.25. The van der Waals surface area contributed by atoms with Crippen molar-refractivity contribution in [3.63, 3.8) is 0 Å². The van der Waals surface area contributed by atoms with Crippen LogP contribution in [0.2, 0.25) is 0 Å². The Hall–Kier alpha value is -3.62. The number of esters is 1. The van der Waals surface area contributed by atoms with Gasteiger partial charge in [0.05, 0.1) is 29.9 Å². The van der Waals surface area contributed by atoms with E-state index in [1.54, 1.807) is 23.9 Å². The number of hydrogen-bond acceptors (Lipinski definition) is 6. The Morgan fingerprint density at radius 1 is 1.29 bits per heavy atom. The van der Waals surface area contributed by atoms with Crippen LogP contribution in [0.15, 0.2) is 41.7 Å². The van der Waals surface area contributed by atoms with Gasteiger partial charge < -0.3 is 15.4 Å². The number of H-pyrrole nitrogens is 1. The number of fused-ring (bicyclic) bond motifs is 2. The number of nitrogens with zero attached hydrogens (tertiary/aromatic N) is 3. The van der Waals surface area contributed by atoms with Crippen molar-refractivity contribution in [3.05, 3.63) is 47.4 Å². The molecular formula is C22H26N6O3. The molecule has 31 heavy (non-hydrogen) atoms. The quantitative estimate of drug-likeness (QED) is 0.520. The molecule has 1 aliphatic heterocycles. The molecule has 0 saturated carbocycles. The lowest BCUT2D eigenvalue weighted by Crippen LogP contribution is -2.31. The van der Waals surface area contributed by atoms with E-state index in [0.717, 1.165) is 16.6 Å². The van der Waals surface area contributed by atoms with Crippen molar-refractivity contribution in [2.24, 2.45) is 5.92 Å². The van der Waals surface area contributed by atoms with Gasteiger partial charge in [0, 0.05) is 22.8 Å². The molecule has 1 amide bonds. The van der Waals surface area contributed by atoms with Gasteiger partial charge in [-0.3, -0.25) is 9.89 Å². The smallest absolute Gasteiger partial charge is 0.358 e. The molecule has 162 valence electrons. The monoisotopic (exact) mass is 422 g/mol. The average Bonchev–Trinajstić information content (AvgIpc) is 3.34. The lowest BCUT2D eigenvalue weighted by molar-refractivity contribution is -0.113. The van der Waals surface area contributed by atoms with Gasteiger partial charge in [-0.05, 0) is 44.4 Å². The zero-order valence-electron chi connectivity index (χ0n) is 18.0. The topological polar surface area (TPSA) is 114 Å². The molecule has 0 aliphatic carbocycles. The fraction of sp³-hybridized carbons (Fsp3) is 0.364. The van der Waals surface area contributed by atoms with Gasteiger partial charge in [0.15, 0.2) is 5.69 Å². The van der Waals surface area contributed by atoms with Gasteiger partial charge in [0.25, 0.3) is 5.91 Å². The first-order valence-corrected chi connectivity index (χ1v) is 10.4. The summed E-state index contributed by atoms with van der Waals surface area (Å²) in [6, 6.07) is 6.94. The van der Waals surface area contributed by atoms with Crippen LogP contribution in [0.3, 0.4) is 0 Å². The Kier molecular flexibility index (Phi) is 5.50. The molecule has 1 aliphatic rings. The van der Waals surface area contributed by atoms with E-state index >= 15 is 0 Å². The summed E-state index contributed by atoms with van der Waals surface area (Å²) in [5.74, 6) is 0.288. The fourth-order valence-electron chi connectivity index (χ4n) is 3.87. The van der Waals surface area contributed by atoms with Crippen molar-refractivity contribution in [1.29, 1.82) is 0 Å². The number of amides is 1. The second-order valence-corrected chi connectivity index (χ2v) is 8.02. The summed E-state index contributed by atoms with van der Waals surface area (Å²) in [5.41, 5.74) is 3.12. The number of benzene rings is 1. The van der Waals surface area contributed by atoms with Gasteiger partial charge in [-0.2, -0.15) is 10.2 Å². The highest BCUT2D eigenvalue weighted by Gasteiger charge is 2.33. The van der Waals surface area contributed by atoms with Crippen LogP contribution in [0, 0.1) is 5.92 Å². The summed E-state index contributed by atoms with van der Waals surface area (Å²) >= 11 is 0. The van der Waals surface area contributed by atoms with Crippen molar-refractivity contribution in [2.75, 3.05) is 17.2 Å². The third kappa shape index (κ3) is 4.03.